The number of fused-ring (bicyclic) bond motifs is 5. The Morgan fingerprint density at radius 1 is 1.17 bits per heavy atom. The maximum atomic E-state index is 16.5. The van der Waals surface area contributed by atoms with E-state index in [1.54, 1.807) is 6.92 Å². The number of rotatable bonds is 1. The first-order valence-corrected chi connectivity index (χ1v) is 9.79. The van der Waals surface area contributed by atoms with Crippen molar-refractivity contribution in [3.63, 3.8) is 0 Å². The summed E-state index contributed by atoms with van der Waals surface area (Å²) in [6, 6.07) is 0. The maximum Gasteiger partial charge on any atom is 0.133 e. The Hall–Kier alpha value is -0.700. The van der Waals surface area contributed by atoms with Crippen LogP contribution in [0.3, 0.4) is 0 Å². The predicted octanol–water partition coefficient (Wildman–Crippen LogP) is 4.61. The quantitative estimate of drug-likeness (QED) is 0.711. The smallest absolute Gasteiger partial charge is 0.133 e. The number of hydrogen-bond donors (Lipinski definition) is 1. The third-order valence-corrected chi connectivity index (χ3v) is 8.68. The summed E-state index contributed by atoms with van der Waals surface area (Å²) in [5, 5.41) is 10.0. The lowest BCUT2D eigenvalue weighted by molar-refractivity contribution is -0.146. The van der Waals surface area contributed by atoms with Gasteiger partial charge in [-0.25, -0.2) is 4.39 Å². The minimum Gasteiger partial charge on any atom is -0.393 e. The van der Waals surface area contributed by atoms with Crippen LogP contribution in [0.5, 0.6) is 0 Å². The molecule has 1 unspecified atom stereocenters. The van der Waals surface area contributed by atoms with E-state index in [0.29, 0.717) is 12.3 Å². The molecular formula is C21H31FO2. The molecule has 2 nitrogen and oxygen atoms in total. The largest absolute Gasteiger partial charge is 0.393 e. The van der Waals surface area contributed by atoms with Gasteiger partial charge in [-0.2, -0.15) is 0 Å². The highest BCUT2D eigenvalue weighted by Crippen LogP contribution is 2.69. The highest BCUT2D eigenvalue weighted by molar-refractivity contribution is 5.80. The molecule has 1 N–H and O–H groups in total. The van der Waals surface area contributed by atoms with Crippen LogP contribution in [0.4, 0.5) is 4.39 Å². The number of alkyl halides is 1. The Morgan fingerprint density at radius 3 is 2.62 bits per heavy atom. The Bertz CT molecular complexity index is 599. The summed E-state index contributed by atoms with van der Waals surface area (Å²) in [4.78, 5) is 12.1. The lowest BCUT2D eigenvalue weighted by Crippen LogP contribution is -2.58. The van der Waals surface area contributed by atoms with Gasteiger partial charge in [0.05, 0.1) is 6.10 Å². The minimum atomic E-state index is -1.20. The number of aliphatic hydroxyl groups excluding tert-OH is 1. The molecule has 3 fully saturated rings. The molecule has 4 rings (SSSR count). The van der Waals surface area contributed by atoms with Crippen molar-refractivity contribution < 1.29 is 14.3 Å². The van der Waals surface area contributed by atoms with Gasteiger partial charge in [-0.05, 0) is 69.6 Å². The van der Waals surface area contributed by atoms with Gasteiger partial charge in [0.1, 0.15) is 11.5 Å². The lowest BCUT2D eigenvalue weighted by atomic mass is 9.46. The van der Waals surface area contributed by atoms with Gasteiger partial charge in [0.2, 0.25) is 0 Å². The van der Waals surface area contributed by atoms with Gasteiger partial charge in [-0.3, -0.25) is 4.79 Å². The number of Topliss-reactive ketones (excluding diaryl/α,β-unsaturated/α-hetero) is 1. The van der Waals surface area contributed by atoms with E-state index in [2.05, 4.69) is 19.9 Å². The zero-order valence-corrected chi connectivity index (χ0v) is 15.3. The summed E-state index contributed by atoms with van der Waals surface area (Å²) in [7, 11) is 0. The van der Waals surface area contributed by atoms with E-state index in [4.69, 9.17) is 0 Å². The summed E-state index contributed by atoms with van der Waals surface area (Å²) in [5.41, 5.74) is -0.254. The first-order valence-electron chi connectivity index (χ1n) is 9.79. The van der Waals surface area contributed by atoms with Crippen LogP contribution in [0.25, 0.3) is 0 Å². The van der Waals surface area contributed by atoms with Crippen molar-refractivity contribution in [2.75, 3.05) is 0 Å². The zero-order valence-electron chi connectivity index (χ0n) is 15.3. The number of allylic oxidation sites excluding steroid dienone is 1. The van der Waals surface area contributed by atoms with E-state index >= 15 is 4.39 Å². The molecule has 0 amide bonds. The second-order valence-electron chi connectivity index (χ2n) is 9.51. The van der Waals surface area contributed by atoms with Gasteiger partial charge < -0.3 is 5.11 Å². The predicted molar refractivity (Wildman–Crippen MR) is 92.2 cm³/mol. The van der Waals surface area contributed by atoms with Crippen LogP contribution in [-0.2, 0) is 4.79 Å². The van der Waals surface area contributed by atoms with Gasteiger partial charge in [-0.15, -0.1) is 0 Å². The first-order chi connectivity index (χ1) is 11.2. The van der Waals surface area contributed by atoms with E-state index in [-0.39, 0.29) is 29.1 Å². The summed E-state index contributed by atoms with van der Waals surface area (Å²) in [6.07, 6.45) is 8.54. The van der Waals surface area contributed by atoms with Gasteiger partial charge in [0, 0.05) is 17.3 Å². The van der Waals surface area contributed by atoms with Crippen LogP contribution in [0.15, 0.2) is 11.6 Å². The maximum absolute atomic E-state index is 16.5. The van der Waals surface area contributed by atoms with Crippen molar-refractivity contribution in [2.45, 2.75) is 83.9 Å². The number of carbonyl (C=O) groups is 1. The lowest BCUT2D eigenvalue weighted by Gasteiger charge is -2.60. The molecule has 4 aliphatic rings. The molecule has 0 aromatic carbocycles. The van der Waals surface area contributed by atoms with Crippen molar-refractivity contribution in [1.29, 1.82) is 0 Å². The molecule has 134 valence electrons. The van der Waals surface area contributed by atoms with Crippen molar-refractivity contribution in [3.05, 3.63) is 11.6 Å². The van der Waals surface area contributed by atoms with E-state index in [0.717, 1.165) is 44.9 Å². The number of ketones is 1. The minimum absolute atomic E-state index is 0.0459. The molecule has 24 heavy (non-hydrogen) atoms. The molecule has 3 heteroatoms. The molecule has 0 spiro atoms. The molecule has 0 saturated heterocycles. The van der Waals surface area contributed by atoms with E-state index in [1.165, 1.54) is 5.57 Å². The van der Waals surface area contributed by atoms with Crippen LogP contribution in [-0.4, -0.2) is 22.7 Å². The Morgan fingerprint density at radius 2 is 1.92 bits per heavy atom. The second-order valence-corrected chi connectivity index (χ2v) is 9.51. The van der Waals surface area contributed by atoms with E-state index < -0.39 is 11.1 Å². The molecule has 0 heterocycles. The highest BCUT2D eigenvalue weighted by Gasteiger charge is 2.68. The van der Waals surface area contributed by atoms with Crippen molar-refractivity contribution in [1.82, 2.24) is 0 Å². The normalized spacial score (nSPS) is 53.6. The van der Waals surface area contributed by atoms with Crippen LogP contribution < -0.4 is 0 Å². The van der Waals surface area contributed by atoms with Crippen LogP contribution in [0, 0.1) is 28.6 Å². The molecule has 0 aliphatic heterocycles. The topological polar surface area (TPSA) is 37.3 Å². The van der Waals surface area contributed by atoms with Gasteiger partial charge in [0.15, 0.2) is 0 Å². The monoisotopic (exact) mass is 334 g/mol. The third kappa shape index (κ3) is 1.94. The Balaban J connectivity index is 1.72. The van der Waals surface area contributed by atoms with Crippen molar-refractivity contribution in [2.24, 2.45) is 28.6 Å². The molecule has 0 bridgehead atoms. The van der Waals surface area contributed by atoms with Gasteiger partial charge in [-0.1, -0.05) is 25.5 Å². The number of halogens is 1. The zero-order chi connectivity index (χ0) is 17.3. The van der Waals surface area contributed by atoms with E-state index in [1.807, 2.05) is 0 Å². The molecular weight excluding hydrogens is 303 g/mol. The van der Waals surface area contributed by atoms with Gasteiger partial charge in [0.25, 0.3) is 0 Å². The fourth-order valence-electron chi connectivity index (χ4n) is 7.21. The average Bonchev–Trinajstić information content (AvgIpc) is 2.80. The highest BCUT2D eigenvalue weighted by atomic mass is 19.1. The average molecular weight is 334 g/mol. The number of hydrogen-bond acceptors (Lipinski definition) is 2. The Kier molecular flexibility index (Phi) is 3.60. The summed E-state index contributed by atoms with van der Waals surface area (Å²) in [6.45, 7) is 6.01. The van der Waals surface area contributed by atoms with Crippen molar-refractivity contribution in [3.8, 4) is 0 Å². The van der Waals surface area contributed by atoms with Gasteiger partial charge >= 0.3 is 0 Å². The summed E-state index contributed by atoms with van der Waals surface area (Å²) >= 11 is 0. The summed E-state index contributed by atoms with van der Waals surface area (Å²) < 4.78 is 16.5. The fourth-order valence-corrected chi connectivity index (χ4v) is 7.21. The van der Waals surface area contributed by atoms with E-state index in [9.17, 15) is 9.90 Å². The first kappa shape index (κ1) is 16.8. The van der Waals surface area contributed by atoms with Crippen LogP contribution in [0.1, 0.15) is 72.1 Å². The number of aliphatic hydroxyl groups is 1. The fraction of sp³-hybridized carbons (Fsp3) is 0.857. The van der Waals surface area contributed by atoms with Crippen molar-refractivity contribution >= 4 is 5.78 Å². The molecule has 0 aromatic heterocycles. The summed E-state index contributed by atoms with van der Waals surface area (Å²) in [5.74, 6) is 0.489. The third-order valence-electron chi connectivity index (χ3n) is 8.68. The molecule has 4 aliphatic carbocycles. The molecule has 0 aromatic rings. The van der Waals surface area contributed by atoms with Crippen LogP contribution in [0.2, 0.25) is 0 Å². The molecule has 3 saturated carbocycles. The number of carbonyl (C=O) groups excluding carboxylic acids is 1. The molecule has 0 radical (unpaired) electrons. The second kappa shape index (κ2) is 5.16. The SMILES string of the molecule is CC(=O)[C@H]1CC[C@@]2(F)[C@@H]3CC=C4CC(O)CC[C@]4(C)[C@H]3CC[C@]12C. The molecule has 7 atom stereocenters. The van der Waals surface area contributed by atoms with Crippen LogP contribution >= 0.6 is 0 Å². The standard InChI is InChI=1S/C21H31FO2/c1-13(23)16-8-11-21(22)18-5-4-14-12-15(24)6-9-19(14,2)17(18)7-10-20(16,21)3/h4,15-18,24H,5-12H2,1-3H3/t15?,16-,17+,18-,19+,20-,21-/m1/s1. The Labute approximate surface area is 144 Å².